The third-order valence-corrected chi connectivity index (χ3v) is 6.70. The smallest absolute Gasteiger partial charge is 0.335 e. The van der Waals surface area contributed by atoms with Gasteiger partial charge in [-0.05, 0) is 37.5 Å². The lowest BCUT2D eigenvalue weighted by atomic mass is 10.1. The summed E-state index contributed by atoms with van der Waals surface area (Å²) in [6, 6.07) is 5.33. The van der Waals surface area contributed by atoms with Crippen molar-refractivity contribution in [2.45, 2.75) is 51.1 Å². The molecule has 2 heterocycles. The van der Waals surface area contributed by atoms with E-state index in [0.29, 0.717) is 30.0 Å². The van der Waals surface area contributed by atoms with Gasteiger partial charge >= 0.3 is 5.97 Å². The number of methoxy groups -OCH3 is 1. The lowest BCUT2D eigenvalue weighted by molar-refractivity contribution is 0.0696. The topological polar surface area (TPSA) is 100 Å². The number of nitrogens with zero attached hydrogens (tertiary/aromatic N) is 4. The molecule has 1 fully saturated rings. The Labute approximate surface area is 192 Å². The van der Waals surface area contributed by atoms with Crippen LogP contribution in [0.5, 0.6) is 5.75 Å². The van der Waals surface area contributed by atoms with E-state index in [-0.39, 0.29) is 11.6 Å². The van der Waals surface area contributed by atoms with Gasteiger partial charge in [0, 0.05) is 13.1 Å². The molecule has 0 unspecified atom stereocenters. The molecular formula is C22H29N5O4S. The molecule has 1 atom stereocenters. The van der Waals surface area contributed by atoms with Crippen molar-refractivity contribution in [2.24, 2.45) is 0 Å². The Morgan fingerprint density at radius 2 is 2.16 bits per heavy atom. The van der Waals surface area contributed by atoms with Gasteiger partial charge in [0.2, 0.25) is 5.95 Å². The maximum absolute atomic E-state index is 11.3. The highest BCUT2D eigenvalue weighted by atomic mass is 32.2. The average Bonchev–Trinajstić information content (AvgIpc) is 3.31. The fourth-order valence-electron chi connectivity index (χ4n) is 4.34. The zero-order chi connectivity index (χ0) is 22.7. The van der Waals surface area contributed by atoms with Gasteiger partial charge in [-0.1, -0.05) is 19.8 Å². The molecule has 2 aromatic rings. The van der Waals surface area contributed by atoms with Gasteiger partial charge < -0.3 is 20.1 Å². The predicted octanol–water partition coefficient (Wildman–Crippen LogP) is 4.48. The molecule has 32 heavy (non-hydrogen) atoms. The van der Waals surface area contributed by atoms with Crippen LogP contribution in [-0.4, -0.2) is 53.9 Å². The molecule has 1 aliphatic heterocycles. The number of hydrogen-bond acceptors (Lipinski definition) is 9. The standard InChI is InChI=1S/C22H29N5O4S/c1-4-15-13-31-32-26(2)18-12-23-22(25-20(18)27(15)16-7-5-6-8-16)24-17-10-9-14(21(28)29)11-19(17)30-3/h9-12,15-16H,4-8,13H2,1-3H3,(H,28,29)(H,23,24,25)/t15-/m1/s1. The molecule has 0 amide bonds. The van der Waals surface area contributed by atoms with Crippen molar-refractivity contribution in [3.8, 4) is 5.75 Å². The molecule has 2 N–H and O–H groups in total. The molecule has 10 heteroatoms. The van der Waals surface area contributed by atoms with E-state index in [0.717, 1.165) is 30.8 Å². The Hall–Kier alpha value is -2.72. The molecule has 1 aliphatic carbocycles. The minimum Gasteiger partial charge on any atom is -0.495 e. The summed E-state index contributed by atoms with van der Waals surface area (Å²) in [5, 5.41) is 12.5. The van der Waals surface area contributed by atoms with Crippen LogP contribution in [0.2, 0.25) is 0 Å². The van der Waals surface area contributed by atoms with E-state index in [1.54, 1.807) is 12.3 Å². The van der Waals surface area contributed by atoms with Crippen molar-refractivity contribution in [1.82, 2.24) is 9.97 Å². The van der Waals surface area contributed by atoms with Gasteiger partial charge in [0.15, 0.2) is 5.82 Å². The zero-order valence-corrected chi connectivity index (χ0v) is 19.4. The van der Waals surface area contributed by atoms with Crippen molar-refractivity contribution in [3.05, 3.63) is 30.0 Å². The Kier molecular flexibility index (Phi) is 6.90. The van der Waals surface area contributed by atoms with E-state index in [1.165, 1.54) is 44.3 Å². The monoisotopic (exact) mass is 459 g/mol. The number of benzene rings is 1. The Balaban J connectivity index is 1.73. The van der Waals surface area contributed by atoms with Gasteiger partial charge in [0.05, 0.1) is 37.2 Å². The first kappa shape index (κ1) is 22.5. The van der Waals surface area contributed by atoms with E-state index < -0.39 is 5.97 Å². The van der Waals surface area contributed by atoms with Crippen LogP contribution in [0.15, 0.2) is 24.4 Å². The molecule has 4 rings (SSSR count). The summed E-state index contributed by atoms with van der Waals surface area (Å²) >= 11 is 1.31. The second-order valence-corrected chi connectivity index (χ2v) is 8.94. The Morgan fingerprint density at radius 1 is 1.38 bits per heavy atom. The number of rotatable bonds is 6. The van der Waals surface area contributed by atoms with Crippen LogP contribution in [-0.2, 0) is 4.18 Å². The van der Waals surface area contributed by atoms with Gasteiger partial charge in [-0.15, -0.1) is 0 Å². The highest BCUT2D eigenvalue weighted by Gasteiger charge is 2.34. The first-order chi connectivity index (χ1) is 15.5. The number of fused-ring (bicyclic) bond motifs is 1. The van der Waals surface area contributed by atoms with Crippen molar-refractivity contribution < 1.29 is 18.8 Å². The van der Waals surface area contributed by atoms with Gasteiger partial charge in [-0.2, -0.15) is 4.98 Å². The first-order valence-electron chi connectivity index (χ1n) is 10.9. The predicted molar refractivity (Wildman–Crippen MR) is 126 cm³/mol. The molecule has 172 valence electrons. The largest absolute Gasteiger partial charge is 0.495 e. The number of nitrogens with one attached hydrogen (secondary N) is 1. The summed E-state index contributed by atoms with van der Waals surface area (Å²) in [6.45, 7) is 2.81. The molecule has 9 nitrogen and oxygen atoms in total. The molecule has 1 saturated carbocycles. The van der Waals surface area contributed by atoms with Crippen LogP contribution < -0.4 is 19.3 Å². The maximum atomic E-state index is 11.3. The Morgan fingerprint density at radius 3 is 2.84 bits per heavy atom. The van der Waals surface area contributed by atoms with E-state index in [1.807, 2.05) is 11.4 Å². The third kappa shape index (κ3) is 4.56. The summed E-state index contributed by atoms with van der Waals surface area (Å²) in [7, 11) is 3.46. The molecule has 1 aromatic heterocycles. The average molecular weight is 460 g/mol. The van der Waals surface area contributed by atoms with Crippen molar-refractivity contribution in [1.29, 1.82) is 0 Å². The second kappa shape index (κ2) is 9.83. The van der Waals surface area contributed by atoms with Crippen molar-refractivity contribution in [3.63, 3.8) is 0 Å². The maximum Gasteiger partial charge on any atom is 0.335 e. The molecule has 1 aromatic carbocycles. The SMILES string of the molecule is CC[C@@H]1COSN(C)c2cnc(Nc3ccc(C(=O)O)cc3OC)nc2N1C1CCCC1. The number of carbonyl (C=O) groups is 1. The van der Waals surface area contributed by atoms with Crippen LogP contribution in [0.3, 0.4) is 0 Å². The zero-order valence-electron chi connectivity index (χ0n) is 18.6. The van der Waals surface area contributed by atoms with Gasteiger partial charge in [-0.25, -0.2) is 9.78 Å². The number of aromatic nitrogens is 2. The molecule has 0 radical (unpaired) electrons. The highest BCUT2D eigenvalue weighted by Crippen LogP contribution is 2.40. The number of anilines is 4. The fraction of sp³-hybridized carbons (Fsp3) is 0.500. The summed E-state index contributed by atoms with van der Waals surface area (Å²) in [4.78, 5) is 23.2. The third-order valence-electron chi connectivity index (χ3n) is 6.04. The normalized spacial score (nSPS) is 19.3. The van der Waals surface area contributed by atoms with Crippen LogP contribution in [0.1, 0.15) is 49.4 Å². The lowest BCUT2D eigenvalue weighted by Gasteiger charge is -2.40. The molecule has 0 bridgehead atoms. The summed E-state index contributed by atoms with van der Waals surface area (Å²) in [5.74, 6) is 0.733. The molecule has 0 spiro atoms. The summed E-state index contributed by atoms with van der Waals surface area (Å²) < 4.78 is 13.2. The fourth-order valence-corrected chi connectivity index (χ4v) is 4.92. The van der Waals surface area contributed by atoms with E-state index in [2.05, 4.69) is 22.1 Å². The van der Waals surface area contributed by atoms with Crippen LogP contribution in [0.25, 0.3) is 0 Å². The number of carboxylic acid groups (broad SMARTS) is 1. The first-order valence-corrected chi connectivity index (χ1v) is 11.6. The Bertz CT molecular complexity index is 969. The summed E-state index contributed by atoms with van der Waals surface area (Å²) in [5.41, 5.74) is 1.66. The molecule has 0 saturated heterocycles. The van der Waals surface area contributed by atoms with Crippen molar-refractivity contribution >= 4 is 41.3 Å². The minimum absolute atomic E-state index is 0.156. The highest BCUT2D eigenvalue weighted by molar-refractivity contribution is 7.96. The second-order valence-electron chi connectivity index (χ2n) is 8.01. The van der Waals surface area contributed by atoms with Gasteiger partial charge in [0.25, 0.3) is 0 Å². The minimum atomic E-state index is -1.01. The van der Waals surface area contributed by atoms with Gasteiger partial charge in [-0.3, -0.25) is 8.49 Å². The van der Waals surface area contributed by atoms with Crippen molar-refractivity contribution in [2.75, 3.05) is 35.3 Å². The van der Waals surface area contributed by atoms with Crippen LogP contribution in [0, 0.1) is 0 Å². The molecular weight excluding hydrogens is 430 g/mol. The number of hydrogen-bond donors (Lipinski definition) is 2. The number of ether oxygens (including phenoxy) is 1. The summed E-state index contributed by atoms with van der Waals surface area (Å²) in [6.07, 6.45) is 7.49. The lowest BCUT2D eigenvalue weighted by Crippen LogP contribution is -2.46. The van der Waals surface area contributed by atoms with Gasteiger partial charge in [0.1, 0.15) is 23.7 Å². The quantitative estimate of drug-likeness (QED) is 0.475. The number of carboxylic acids is 1. The molecule has 2 aliphatic rings. The van der Waals surface area contributed by atoms with E-state index >= 15 is 0 Å². The van der Waals surface area contributed by atoms with Crippen LogP contribution in [0.4, 0.5) is 23.1 Å². The van der Waals surface area contributed by atoms with Crippen LogP contribution >= 0.6 is 12.2 Å². The van der Waals surface area contributed by atoms with E-state index in [4.69, 9.17) is 13.9 Å². The van der Waals surface area contributed by atoms with E-state index in [9.17, 15) is 9.90 Å². The number of aromatic carboxylic acids is 1.